The van der Waals surface area contributed by atoms with Gasteiger partial charge in [-0.25, -0.2) is 9.37 Å². The standard InChI is InChI=1S/C16H19FN2O/c1-12(2)18-9-14-8-15(17)10-19-16(14)20-11-13-6-4-3-5-7-13/h3-8,10,12,18H,9,11H2,1-2H3. The van der Waals surface area contributed by atoms with Gasteiger partial charge in [-0.1, -0.05) is 44.2 Å². The molecule has 0 fully saturated rings. The monoisotopic (exact) mass is 274 g/mol. The van der Waals surface area contributed by atoms with Crippen LogP contribution < -0.4 is 10.1 Å². The number of nitrogens with zero attached hydrogens (tertiary/aromatic N) is 1. The molecule has 0 amide bonds. The highest BCUT2D eigenvalue weighted by Crippen LogP contribution is 2.17. The summed E-state index contributed by atoms with van der Waals surface area (Å²) >= 11 is 0. The molecular weight excluding hydrogens is 255 g/mol. The van der Waals surface area contributed by atoms with Crippen molar-refractivity contribution in [3.63, 3.8) is 0 Å². The second-order valence-corrected chi connectivity index (χ2v) is 4.93. The van der Waals surface area contributed by atoms with Crippen molar-refractivity contribution in [2.24, 2.45) is 0 Å². The van der Waals surface area contributed by atoms with Crippen LogP contribution in [0.2, 0.25) is 0 Å². The Hall–Kier alpha value is -1.94. The average Bonchev–Trinajstić information content (AvgIpc) is 2.45. The van der Waals surface area contributed by atoms with Crippen LogP contribution in [0.5, 0.6) is 5.88 Å². The first kappa shape index (κ1) is 14.5. The molecule has 1 aromatic heterocycles. The number of halogens is 1. The summed E-state index contributed by atoms with van der Waals surface area (Å²) in [6.07, 6.45) is 1.18. The summed E-state index contributed by atoms with van der Waals surface area (Å²) in [5.74, 6) is 0.126. The van der Waals surface area contributed by atoms with Gasteiger partial charge in [0, 0.05) is 18.2 Å². The first-order valence-electron chi connectivity index (χ1n) is 6.69. The van der Waals surface area contributed by atoms with Crippen molar-refractivity contribution in [3.05, 3.63) is 59.5 Å². The Morgan fingerprint density at radius 1 is 1.25 bits per heavy atom. The Bertz CT molecular complexity index is 543. The van der Waals surface area contributed by atoms with Crippen LogP contribution in [-0.4, -0.2) is 11.0 Å². The molecule has 0 bridgehead atoms. The van der Waals surface area contributed by atoms with E-state index < -0.39 is 0 Å². The van der Waals surface area contributed by atoms with E-state index in [1.807, 2.05) is 44.2 Å². The summed E-state index contributed by atoms with van der Waals surface area (Å²) in [4.78, 5) is 4.03. The molecule has 0 unspecified atom stereocenters. The van der Waals surface area contributed by atoms with Crippen LogP contribution in [0.25, 0.3) is 0 Å². The van der Waals surface area contributed by atoms with Gasteiger partial charge < -0.3 is 10.1 Å². The third-order valence-corrected chi connectivity index (χ3v) is 2.81. The minimum Gasteiger partial charge on any atom is -0.473 e. The summed E-state index contributed by atoms with van der Waals surface area (Å²) in [5, 5.41) is 3.24. The quantitative estimate of drug-likeness (QED) is 0.877. The van der Waals surface area contributed by atoms with Crippen LogP contribution in [-0.2, 0) is 13.2 Å². The maximum Gasteiger partial charge on any atom is 0.218 e. The van der Waals surface area contributed by atoms with Crippen LogP contribution in [0, 0.1) is 5.82 Å². The Morgan fingerprint density at radius 2 is 2.00 bits per heavy atom. The molecule has 20 heavy (non-hydrogen) atoms. The number of hydrogen-bond acceptors (Lipinski definition) is 3. The Kier molecular flexibility index (Phi) is 5.07. The summed E-state index contributed by atoms with van der Waals surface area (Å²) in [5.41, 5.74) is 1.79. The molecule has 106 valence electrons. The Labute approximate surface area is 118 Å². The highest BCUT2D eigenvalue weighted by Gasteiger charge is 2.08. The molecule has 0 aliphatic heterocycles. The van der Waals surface area contributed by atoms with Gasteiger partial charge in [0.1, 0.15) is 12.4 Å². The maximum atomic E-state index is 13.3. The number of benzene rings is 1. The second kappa shape index (κ2) is 7.01. The summed E-state index contributed by atoms with van der Waals surface area (Å²) in [6.45, 7) is 5.04. The van der Waals surface area contributed by atoms with Crippen LogP contribution in [0.4, 0.5) is 4.39 Å². The van der Waals surface area contributed by atoms with Crippen molar-refractivity contribution in [2.45, 2.75) is 33.0 Å². The predicted molar refractivity (Wildman–Crippen MR) is 76.9 cm³/mol. The van der Waals surface area contributed by atoms with E-state index >= 15 is 0 Å². The highest BCUT2D eigenvalue weighted by molar-refractivity contribution is 5.26. The third-order valence-electron chi connectivity index (χ3n) is 2.81. The third kappa shape index (κ3) is 4.31. The van der Waals surface area contributed by atoms with Crippen molar-refractivity contribution in [2.75, 3.05) is 0 Å². The molecule has 0 spiro atoms. The summed E-state index contributed by atoms with van der Waals surface area (Å²) < 4.78 is 19.0. The molecule has 4 heteroatoms. The highest BCUT2D eigenvalue weighted by atomic mass is 19.1. The minimum absolute atomic E-state index is 0.320. The number of aromatic nitrogens is 1. The van der Waals surface area contributed by atoms with Crippen molar-refractivity contribution in [3.8, 4) is 5.88 Å². The van der Waals surface area contributed by atoms with Gasteiger partial charge in [-0.05, 0) is 11.6 Å². The van der Waals surface area contributed by atoms with E-state index in [0.717, 1.165) is 11.1 Å². The fourth-order valence-corrected chi connectivity index (χ4v) is 1.77. The molecule has 0 saturated heterocycles. The van der Waals surface area contributed by atoms with E-state index in [1.54, 1.807) is 0 Å². The molecule has 0 radical (unpaired) electrons. The zero-order chi connectivity index (χ0) is 14.4. The van der Waals surface area contributed by atoms with E-state index in [0.29, 0.717) is 25.1 Å². The lowest BCUT2D eigenvalue weighted by atomic mass is 10.2. The van der Waals surface area contributed by atoms with Gasteiger partial charge in [0.25, 0.3) is 0 Å². The Balaban J connectivity index is 2.06. The Morgan fingerprint density at radius 3 is 2.70 bits per heavy atom. The SMILES string of the molecule is CC(C)NCc1cc(F)cnc1OCc1ccccc1. The lowest BCUT2D eigenvalue weighted by molar-refractivity contribution is 0.288. The van der Waals surface area contributed by atoms with Crippen molar-refractivity contribution in [1.29, 1.82) is 0 Å². The number of ether oxygens (including phenoxy) is 1. The van der Waals surface area contributed by atoms with Crippen molar-refractivity contribution >= 4 is 0 Å². The van der Waals surface area contributed by atoms with Gasteiger partial charge in [-0.15, -0.1) is 0 Å². The topological polar surface area (TPSA) is 34.2 Å². The molecule has 0 atom stereocenters. The second-order valence-electron chi connectivity index (χ2n) is 4.93. The van der Waals surface area contributed by atoms with E-state index in [2.05, 4.69) is 10.3 Å². The first-order valence-corrected chi connectivity index (χ1v) is 6.69. The smallest absolute Gasteiger partial charge is 0.218 e. The van der Waals surface area contributed by atoms with Gasteiger partial charge in [0.15, 0.2) is 0 Å². The summed E-state index contributed by atoms with van der Waals surface area (Å²) in [6, 6.07) is 11.6. The van der Waals surface area contributed by atoms with Crippen molar-refractivity contribution < 1.29 is 9.13 Å². The van der Waals surface area contributed by atoms with Crippen molar-refractivity contribution in [1.82, 2.24) is 10.3 Å². The molecule has 0 saturated carbocycles. The number of pyridine rings is 1. The summed E-state index contributed by atoms with van der Waals surface area (Å²) in [7, 11) is 0. The lowest BCUT2D eigenvalue weighted by Crippen LogP contribution is -2.22. The zero-order valence-electron chi connectivity index (χ0n) is 11.8. The normalized spacial score (nSPS) is 10.8. The first-order chi connectivity index (χ1) is 9.65. The van der Waals surface area contributed by atoms with Gasteiger partial charge in [-0.2, -0.15) is 0 Å². The van der Waals surface area contributed by atoms with E-state index in [-0.39, 0.29) is 5.82 Å². The molecule has 0 aliphatic rings. The number of rotatable bonds is 6. The van der Waals surface area contributed by atoms with Crippen LogP contribution >= 0.6 is 0 Å². The van der Waals surface area contributed by atoms with Gasteiger partial charge in [0.05, 0.1) is 6.20 Å². The van der Waals surface area contributed by atoms with Crippen LogP contribution in [0.1, 0.15) is 25.0 Å². The van der Waals surface area contributed by atoms with Gasteiger partial charge in [0.2, 0.25) is 5.88 Å². The van der Waals surface area contributed by atoms with E-state index in [4.69, 9.17) is 4.74 Å². The largest absolute Gasteiger partial charge is 0.473 e. The molecule has 2 rings (SSSR count). The fourth-order valence-electron chi connectivity index (χ4n) is 1.77. The number of nitrogens with one attached hydrogen (secondary N) is 1. The number of hydrogen-bond donors (Lipinski definition) is 1. The van der Waals surface area contributed by atoms with Crippen LogP contribution in [0.3, 0.4) is 0 Å². The molecule has 1 heterocycles. The molecule has 1 N–H and O–H groups in total. The molecular formula is C16H19FN2O. The fraction of sp³-hybridized carbons (Fsp3) is 0.312. The molecule has 3 nitrogen and oxygen atoms in total. The molecule has 0 aliphatic carbocycles. The van der Waals surface area contributed by atoms with Crippen LogP contribution in [0.15, 0.2) is 42.6 Å². The average molecular weight is 274 g/mol. The zero-order valence-corrected chi connectivity index (χ0v) is 11.8. The van der Waals surface area contributed by atoms with Gasteiger partial charge in [-0.3, -0.25) is 0 Å². The molecule has 1 aromatic carbocycles. The van der Waals surface area contributed by atoms with E-state index in [9.17, 15) is 4.39 Å². The minimum atomic E-state index is -0.349. The predicted octanol–water partition coefficient (Wildman–Crippen LogP) is 3.30. The maximum absolute atomic E-state index is 13.3. The van der Waals surface area contributed by atoms with E-state index in [1.165, 1.54) is 12.3 Å². The van der Waals surface area contributed by atoms with Gasteiger partial charge >= 0.3 is 0 Å². The molecule has 2 aromatic rings. The lowest BCUT2D eigenvalue weighted by Gasteiger charge is -2.13.